The number of aromatic nitrogens is 4. The second-order valence-electron chi connectivity index (χ2n) is 12.7. The molecule has 2 aliphatic rings. The Morgan fingerprint density at radius 1 is 0.960 bits per heavy atom. The van der Waals surface area contributed by atoms with Crippen molar-refractivity contribution in [3.05, 3.63) is 91.0 Å². The smallest absolute Gasteiger partial charge is 0.237 e. The molecular formula is C37H38FN9O3. The van der Waals surface area contributed by atoms with E-state index in [1.54, 1.807) is 37.5 Å². The van der Waals surface area contributed by atoms with Gasteiger partial charge >= 0.3 is 0 Å². The topological polar surface area (TPSA) is 132 Å². The molecule has 2 amide bonds. The van der Waals surface area contributed by atoms with Crippen LogP contribution >= 0.6 is 0 Å². The SMILES string of the molecule is CON=C(C)C1(C(=O)Nc2ccc3[nH]nc(-c4ccc(F)cc4)c3c2)CCN(CC(=O)N2CCN(c3ccc(-c4ncccn4)cc3)CC2)C1. The number of likely N-dealkylation sites (tertiary alicyclic amines) is 1. The summed E-state index contributed by atoms with van der Waals surface area (Å²) < 4.78 is 13.5. The number of H-pyrrole nitrogens is 1. The highest BCUT2D eigenvalue weighted by Gasteiger charge is 2.48. The van der Waals surface area contributed by atoms with Crippen molar-refractivity contribution < 1.29 is 18.8 Å². The van der Waals surface area contributed by atoms with Crippen LogP contribution in [0.2, 0.25) is 0 Å². The fourth-order valence-electron chi connectivity index (χ4n) is 6.84. The summed E-state index contributed by atoms with van der Waals surface area (Å²) in [6, 6.07) is 21.6. The maximum atomic E-state index is 14.1. The predicted octanol–water partition coefficient (Wildman–Crippen LogP) is 4.83. The molecule has 1 atom stereocenters. The molecule has 0 saturated carbocycles. The van der Waals surface area contributed by atoms with Crippen LogP contribution in [0.4, 0.5) is 15.8 Å². The van der Waals surface area contributed by atoms with Gasteiger partial charge in [0.25, 0.3) is 0 Å². The molecule has 0 aliphatic carbocycles. The van der Waals surface area contributed by atoms with Gasteiger partial charge in [-0.2, -0.15) is 5.10 Å². The summed E-state index contributed by atoms with van der Waals surface area (Å²) in [5.41, 5.74) is 4.40. The molecule has 3 aromatic carbocycles. The molecule has 5 aromatic rings. The average Bonchev–Trinajstić information content (AvgIpc) is 3.78. The molecule has 7 rings (SSSR count). The number of nitrogens with zero attached hydrogens (tertiary/aromatic N) is 7. The number of fused-ring (bicyclic) bond motifs is 1. The fourth-order valence-corrected chi connectivity index (χ4v) is 6.84. The van der Waals surface area contributed by atoms with Gasteiger partial charge in [-0.05, 0) is 86.1 Å². The van der Waals surface area contributed by atoms with E-state index in [4.69, 9.17) is 4.84 Å². The number of amides is 2. The minimum absolute atomic E-state index is 0.0393. The van der Waals surface area contributed by atoms with Crippen molar-refractivity contribution in [1.29, 1.82) is 0 Å². The second kappa shape index (κ2) is 14.0. The summed E-state index contributed by atoms with van der Waals surface area (Å²) in [7, 11) is 1.46. The first-order chi connectivity index (χ1) is 24.3. The number of oxime groups is 1. The molecule has 12 nitrogen and oxygen atoms in total. The zero-order valence-corrected chi connectivity index (χ0v) is 28.0. The standard InChI is InChI=1S/C37H38FN9O3/c1-25(44-50-2)37(36(49)41-29-10-13-32-31(22-29)34(43-42-32)26-4-8-28(38)9-5-26)14-17-45(24-37)23-33(48)47-20-18-46(19-21-47)30-11-6-27(7-12-30)35-39-15-3-16-40-35/h3-13,15-16,22H,14,17-21,23-24H2,1-2H3,(H,41,49)(H,42,43). The van der Waals surface area contributed by atoms with E-state index in [1.807, 2.05) is 40.1 Å². The third-order valence-electron chi connectivity index (χ3n) is 9.69. The Balaban J connectivity index is 0.989. The number of halogens is 1. The molecule has 2 fully saturated rings. The van der Waals surface area contributed by atoms with Crippen LogP contribution in [0, 0.1) is 11.2 Å². The number of carbonyl (C=O) groups is 2. The minimum atomic E-state index is -0.989. The molecular weight excluding hydrogens is 637 g/mol. The van der Waals surface area contributed by atoms with Crippen LogP contribution in [0.1, 0.15) is 13.3 Å². The predicted molar refractivity (Wildman–Crippen MR) is 190 cm³/mol. The quantitative estimate of drug-likeness (QED) is 0.168. The first-order valence-electron chi connectivity index (χ1n) is 16.6. The molecule has 0 radical (unpaired) electrons. The molecule has 256 valence electrons. The maximum absolute atomic E-state index is 14.1. The summed E-state index contributed by atoms with van der Waals surface area (Å²) in [5, 5.41) is 15.5. The summed E-state index contributed by atoms with van der Waals surface area (Å²) in [5.74, 6) is 0.176. The monoisotopic (exact) mass is 675 g/mol. The van der Waals surface area contributed by atoms with Crippen molar-refractivity contribution in [2.75, 3.05) is 63.1 Å². The molecule has 2 aliphatic heterocycles. The third-order valence-corrected chi connectivity index (χ3v) is 9.69. The normalized spacial score (nSPS) is 18.4. The molecule has 0 bridgehead atoms. The van der Waals surface area contributed by atoms with Crippen molar-refractivity contribution in [1.82, 2.24) is 30.0 Å². The molecule has 2 saturated heterocycles. The van der Waals surface area contributed by atoms with Crippen LogP contribution in [-0.4, -0.2) is 100 Å². The number of hydrogen-bond donors (Lipinski definition) is 2. The molecule has 50 heavy (non-hydrogen) atoms. The van der Waals surface area contributed by atoms with Gasteiger partial charge in [0.15, 0.2) is 5.82 Å². The summed E-state index contributed by atoms with van der Waals surface area (Å²) >= 11 is 0. The third kappa shape index (κ3) is 6.64. The number of carbonyl (C=O) groups excluding carboxylic acids is 2. The Hall–Kier alpha value is -5.69. The van der Waals surface area contributed by atoms with Gasteiger partial charge in [0, 0.05) is 79.6 Å². The Morgan fingerprint density at radius 3 is 2.40 bits per heavy atom. The van der Waals surface area contributed by atoms with E-state index in [0.29, 0.717) is 55.5 Å². The van der Waals surface area contributed by atoms with Crippen LogP contribution in [0.3, 0.4) is 0 Å². The van der Waals surface area contributed by atoms with E-state index in [-0.39, 0.29) is 24.2 Å². The van der Waals surface area contributed by atoms with Gasteiger partial charge in [-0.15, -0.1) is 0 Å². The van der Waals surface area contributed by atoms with Crippen LogP contribution in [0.15, 0.2) is 90.3 Å². The maximum Gasteiger partial charge on any atom is 0.237 e. The first kappa shape index (κ1) is 32.8. The number of benzene rings is 3. The van der Waals surface area contributed by atoms with Gasteiger partial charge in [-0.25, -0.2) is 14.4 Å². The lowest BCUT2D eigenvalue weighted by Crippen LogP contribution is -2.51. The van der Waals surface area contributed by atoms with E-state index in [9.17, 15) is 14.0 Å². The van der Waals surface area contributed by atoms with Crippen LogP contribution in [0.5, 0.6) is 0 Å². The van der Waals surface area contributed by atoms with Gasteiger partial charge < -0.3 is 20.0 Å². The fraction of sp³-hybridized carbons (Fsp3) is 0.297. The molecule has 13 heteroatoms. The Morgan fingerprint density at radius 2 is 1.68 bits per heavy atom. The van der Waals surface area contributed by atoms with E-state index < -0.39 is 5.41 Å². The van der Waals surface area contributed by atoms with Crippen molar-refractivity contribution in [3.8, 4) is 22.6 Å². The highest BCUT2D eigenvalue weighted by molar-refractivity contribution is 6.13. The Bertz CT molecular complexity index is 2010. The number of hydrogen-bond acceptors (Lipinski definition) is 9. The van der Waals surface area contributed by atoms with E-state index in [2.05, 4.69) is 47.7 Å². The van der Waals surface area contributed by atoms with Crippen molar-refractivity contribution in [2.24, 2.45) is 10.6 Å². The van der Waals surface area contributed by atoms with E-state index in [0.717, 1.165) is 40.8 Å². The molecule has 0 spiro atoms. The van der Waals surface area contributed by atoms with Gasteiger partial charge in [0.1, 0.15) is 18.3 Å². The van der Waals surface area contributed by atoms with Gasteiger partial charge in [-0.3, -0.25) is 19.6 Å². The number of anilines is 2. The highest BCUT2D eigenvalue weighted by Crippen LogP contribution is 2.35. The highest BCUT2D eigenvalue weighted by atomic mass is 19.1. The molecule has 4 heterocycles. The Kier molecular flexibility index (Phi) is 9.22. The largest absolute Gasteiger partial charge is 0.399 e. The zero-order valence-electron chi connectivity index (χ0n) is 28.0. The number of piperazine rings is 1. The summed E-state index contributed by atoms with van der Waals surface area (Å²) in [6.45, 7) is 5.57. The lowest BCUT2D eigenvalue weighted by Gasteiger charge is -2.37. The van der Waals surface area contributed by atoms with E-state index >= 15 is 0 Å². The van der Waals surface area contributed by atoms with E-state index in [1.165, 1.54) is 19.2 Å². The van der Waals surface area contributed by atoms with Crippen molar-refractivity contribution in [2.45, 2.75) is 13.3 Å². The first-order valence-corrected chi connectivity index (χ1v) is 16.6. The van der Waals surface area contributed by atoms with Crippen LogP contribution in [-0.2, 0) is 14.4 Å². The second-order valence-corrected chi connectivity index (χ2v) is 12.7. The summed E-state index contributed by atoms with van der Waals surface area (Å²) in [4.78, 5) is 47.5. The van der Waals surface area contributed by atoms with Gasteiger partial charge in [0.05, 0.1) is 23.5 Å². The average molecular weight is 676 g/mol. The molecule has 2 aromatic heterocycles. The number of aromatic amines is 1. The van der Waals surface area contributed by atoms with Crippen molar-refractivity contribution >= 4 is 39.8 Å². The number of nitrogens with one attached hydrogen (secondary N) is 2. The lowest BCUT2D eigenvalue weighted by atomic mass is 9.81. The van der Waals surface area contributed by atoms with Crippen LogP contribution in [0.25, 0.3) is 33.5 Å². The van der Waals surface area contributed by atoms with Crippen molar-refractivity contribution in [3.63, 3.8) is 0 Å². The minimum Gasteiger partial charge on any atom is -0.399 e. The van der Waals surface area contributed by atoms with Crippen LogP contribution < -0.4 is 10.2 Å². The summed E-state index contributed by atoms with van der Waals surface area (Å²) in [6.07, 6.45) is 3.94. The molecule has 1 unspecified atom stereocenters. The lowest BCUT2D eigenvalue weighted by molar-refractivity contribution is -0.133. The molecule has 2 N–H and O–H groups in total. The number of rotatable bonds is 9. The Labute approximate surface area is 288 Å². The van der Waals surface area contributed by atoms with Gasteiger partial charge in [0.2, 0.25) is 11.8 Å². The van der Waals surface area contributed by atoms with Gasteiger partial charge in [-0.1, -0.05) is 5.16 Å². The zero-order chi connectivity index (χ0) is 34.7.